The van der Waals surface area contributed by atoms with Crippen molar-refractivity contribution in [2.24, 2.45) is 5.92 Å². The fourth-order valence-electron chi connectivity index (χ4n) is 7.97. The second-order valence-corrected chi connectivity index (χ2v) is 16.8. The van der Waals surface area contributed by atoms with Crippen LogP contribution in [0.15, 0.2) is 136 Å². The highest BCUT2D eigenvalue weighted by atomic mass is 16.6. The summed E-state index contributed by atoms with van der Waals surface area (Å²) >= 11 is 0. The minimum absolute atomic E-state index is 0.231. The molecule has 2 aliphatic heterocycles. The maximum atomic E-state index is 12.5. The molecule has 0 spiro atoms. The Hall–Kier alpha value is -6.46. The van der Waals surface area contributed by atoms with Gasteiger partial charge in [-0.05, 0) is 122 Å². The molecule has 7 rings (SSSR count). The first-order valence-corrected chi connectivity index (χ1v) is 22.2. The van der Waals surface area contributed by atoms with Crippen LogP contribution in [0.5, 0.6) is 11.5 Å². The molecule has 0 bridgehead atoms. The van der Waals surface area contributed by atoms with E-state index >= 15 is 0 Å². The molecule has 336 valence electrons. The van der Waals surface area contributed by atoms with Gasteiger partial charge in [0.05, 0.1) is 26.0 Å². The summed E-state index contributed by atoms with van der Waals surface area (Å²) in [6.45, 7) is 11.7. The van der Waals surface area contributed by atoms with E-state index in [-0.39, 0.29) is 18.2 Å². The summed E-state index contributed by atoms with van der Waals surface area (Å²) in [4.78, 5) is 45.1. The predicted octanol–water partition coefficient (Wildman–Crippen LogP) is 10.1. The van der Waals surface area contributed by atoms with E-state index in [0.717, 1.165) is 72.8 Å². The SMILES string of the molecule is COc1ccc(CCC2=C(C(C)=O)CCN(Cc3ccccc3)C2)cc1.Cc1oc(-c2ccccc2)nc1CCOc1cccc(CC2=C(C(=O)O)CCN(C(=O)OCC(C)C)C2)c1. The number of methoxy groups -OCH3 is 1. The van der Waals surface area contributed by atoms with Gasteiger partial charge in [0.15, 0.2) is 5.78 Å². The third kappa shape index (κ3) is 13.8. The Balaban J connectivity index is 0.000000228. The second kappa shape index (κ2) is 23.3. The molecule has 11 heteroatoms. The van der Waals surface area contributed by atoms with Crippen molar-refractivity contribution in [1.82, 2.24) is 14.8 Å². The zero-order chi connectivity index (χ0) is 45.4. The summed E-state index contributed by atoms with van der Waals surface area (Å²) in [5.41, 5.74) is 8.71. The van der Waals surface area contributed by atoms with Crippen LogP contribution in [0, 0.1) is 12.8 Å². The van der Waals surface area contributed by atoms with Crippen molar-refractivity contribution in [3.63, 3.8) is 0 Å². The van der Waals surface area contributed by atoms with Gasteiger partial charge in [-0.1, -0.05) is 86.6 Å². The Kier molecular flexibility index (Phi) is 17.1. The monoisotopic (exact) mass is 867 g/mol. The Labute approximate surface area is 377 Å². The lowest BCUT2D eigenvalue weighted by atomic mass is 9.92. The van der Waals surface area contributed by atoms with Gasteiger partial charge in [-0.2, -0.15) is 0 Å². The number of Topliss-reactive ketones (excluding diaryl/α,β-unsaturated/α-hetero) is 1. The molecule has 0 atom stereocenters. The average Bonchev–Trinajstić information content (AvgIpc) is 3.68. The van der Waals surface area contributed by atoms with Gasteiger partial charge in [-0.3, -0.25) is 9.69 Å². The molecule has 0 saturated carbocycles. The normalized spacial score (nSPS) is 14.2. The zero-order valence-corrected chi connectivity index (χ0v) is 37.8. The van der Waals surface area contributed by atoms with Crippen LogP contribution in [0.3, 0.4) is 0 Å². The van der Waals surface area contributed by atoms with Gasteiger partial charge in [-0.15, -0.1) is 0 Å². The molecule has 1 N–H and O–H groups in total. The number of hydrogen-bond acceptors (Lipinski definition) is 9. The van der Waals surface area contributed by atoms with E-state index in [1.807, 2.05) is 93.6 Å². The van der Waals surface area contributed by atoms with Crippen molar-refractivity contribution in [3.8, 4) is 23.0 Å². The van der Waals surface area contributed by atoms with Gasteiger partial charge in [0.25, 0.3) is 0 Å². The zero-order valence-electron chi connectivity index (χ0n) is 37.8. The molecule has 2 aliphatic rings. The first-order valence-electron chi connectivity index (χ1n) is 22.2. The molecule has 3 heterocycles. The van der Waals surface area contributed by atoms with Crippen LogP contribution in [0.1, 0.15) is 68.2 Å². The molecule has 0 saturated heterocycles. The van der Waals surface area contributed by atoms with Crippen LogP contribution in [-0.4, -0.2) is 84.2 Å². The first kappa shape index (κ1) is 47.0. The van der Waals surface area contributed by atoms with Gasteiger partial charge < -0.3 is 28.6 Å². The molecule has 0 unspecified atom stereocenters. The number of amides is 1. The number of carbonyl (C=O) groups is 3. The van der Waals surface area contributed by atoms with E-state index < -0.39 is 12.1 Å². The van der Waals surface area contributed by atoms with Crippen LogP contribution >= 0.6 is 0 Å². The fourth-order valence-corrected chi connectivity index (χ4v) is 7.97. The van der Waals surface area contributed by atoms with E-state index in [2.05, 4.69) is 46.3 Å². The van der Waals surface area contributed by atoms with Gasteiger partial charge in [-0.25, -0.2) is 14.6 Å². The summed E-state index contributed by atoms with van der Waals surface area (Å²) in [6.07, 6.45) is 3.64. The van der Waals surface area contributed by atoms with Crippen molar-refractivity contribution >= 4 is 17.8 Å². The van der Waals surface area contributed by atoms with Crippen molar-refractivity contribution < 1.29 is 38.1 Å². The van der Waals surface area contributed by atoms with Crippen LogP contribution < -0.4 is 9.47 Å². The van der Waals surface area contributed by atoms with E-state index in [1.165, 1.54) is 16.7 Å². The number of ether oxygens (including phenoxy) is 3. The number of aryl methyl sites for hydroxylation is 2. The van der Waals surface area contributed by atoms with E-state index in [1.54, 1.807) is 18.9 Å². The number of nitrogens with zero attached hydrogens (tertiary/aromatic N) is 3. The smallest absolute Gasteiger partial charge is 0.410 e. The van der Waals surface area contributed by atoms with Crippen LogP contribution in [0.2, 0.25) is 0 Å². The van der Waals surface area contributed by atoms with Crippen LogP contribution in [0.25, 0.3) is 11.5 Å². The van der Waals surface area contributed by atoms with E-state index in [9.17, 15) is 19.5 Å². The standard InChI is InChI=1S/C30H34N2O6.C23H27NO2/c1-20(2)19-37-30(35)32-14-12-26(29(33)34)24(18-32)16-22-8-7-11-25(17-22)36-15-13-27-21(3)38-28(31-27)23-9-5-4-6-10-23;1-18(25)23-14-15-24(16-20-6-4-3-5-7-20)17-21(23)11-8-19-9-12-22(26-2)13-10-19/h4-11,17,20H,12-16,18-19H2,1-3H3,(H,33,34);3-7,9-10,12-13H,8,11,14-17H2,1-2H3. The minimum atomic E-state index is -0.944. The lowest BCUT2D eigenvalue weighted by molar-refractivity contribution is -0.133. The quantitative estimate of drug-likeness (QED) is 0.0964. The largest absolute Gasteiger partial charge is 0.497 e. The third-order valence-electron chi connectivity index (χ3n) is 11.4. The summed E-state index contributed by atoms with van der Waals surface area (Å²) in [5, 5.41) is 9.73. The molecule has 1 amide bonds. The Morgan fingerprint density at radius 2 is 1.47 bits per heavy atom. The molecule has 4 aromatic carbocycles. The maximum absolute atomic E-state index is 12.5. The molecular weight excluding hydrogens is 807 g/mol. The lowest BCUT2D eigenvalue weighted by Gasteiger charge is -2.30. The van der Waals surface area contributed by atoms with Crippen LogP contribution in [-0.2, 0) is 40.1 Å². The summed E-state index contributed by atoms with van der Waals surface area (Å²) in [6, 6.07) is 36.1. The molecule has 1 aromatic heterocycles. The van der Waals surface area contributed by atoms with Crippen molar-refractivity contribution in [1.29, 1.82) is 0 Å². The minimum Gasteiger partial charge on any atom is -0.497 e. The first-order chi connectivity index (χ1) is 30.9. The number of benzene rings is 4. The second-order valence-electron chi connectivity index (χ2n) is 16.8. The molecule has 11 nitrogen and oxygen atoms in total. The number of aromatic nitrogens is 1. The number of carboxylic acids is 1. The maximum Gasteiger partial charge on any atom is 0.410 e. The predicted molar refractivity (Wildman–Crippen MR) is 248 cm³/mol. The van der Waals surface area contributed by atoms with Crippen molar-refractivity contribution in [2.45, 2.75) is 72.8 Å². The number of carbonyl (C=O) groups excluding carboxylic acids is 2. The number of rotatable bonds is 17. The number of ketones is 1. The van der Waals surface area contributed by atoms with Gasteiger partial charge >= 0.3 is 12.1 Å². The average molecular weight is 868 g/mol. The highest BCUT2D eigenvalue weighted by Gasteiger charge is 2.27. The molecular formula is C53H61N3O8. The van der Waals surface area contributed by atoms with Gasteiger partial charge in [0, 0.05) is 50.3 Å². The fraction of sp³-hybridized carbons (Fsp3) is 0.358. The van der Waals surface area contributed by atoms with E-state index in [4.69, 9.17) is 18.6 Å². The lowest BCUT2D eigenvalue weighted by Crippen LogP contribution is -2.39. The van der Waals surface area contributed by atoms with Gasteiger partial charge in [0.2, 0.25) is 5.89 Å². The molecule has 5 aromatic rings. The van der Waals surface area contributed by atoms with Gasteiger partial charge in [0.1, 0.15) is 17.3 Å². The Morgan fingerprint density at radius 3 is 2.16 bits per heavy atom. The van der Waals surface area contributed by atoms with Crippen LogP contribution in [0.4, 0.5) is 4.79 Å². The molecule has 0 radical (unpaired) electrons. The number of hydrogen-bond donors (Lipinski definition) is 1. The number of carboxylic acid groups (broad SMARTS) is 1. The molecule has 0 aliphatic carbocycles. The number of aliphatic carboxylic acids is 1. The summed E-state index contributed by atoms with van der Waals surface area (Å²) < 4.78 is 22.4. The molecule has 64 heavy (non-hydrogen) atoms. The third-order valence-corrected chi connectivity index (χ3v) is 11.4. The number of oxazole rings is 1. The topological polar surface area (TPSA) is 132 Å². The Morgan fingerprint density at radius 1 is 0.766 bits per heavy atom. The molecule has 0 fully saturated rings. The highest BCUT2D eigenvalue weighted by molar-refractivity contribution is 5.94. The summed E-state index contributed by atoms with van der Waals surface area (Å²) in [7, 11) is 1.68. The Bertz CT molecular complexity index is 2390. The van der Waals surface area contributed by atoms with E-state index in [0.29, 0.717) is 61.8 Å². The van der Waals surface area contributed by atoms with Crippen molar-refractivity contribution in [3.05, 3.63) is 160 Å². The highest BCUT2D eigenvalue weighted by Crippen LogP contribution is 2.27. The van der Waals surface area contributed by atoms with Crippen molar-refractivity contribution in [2.75, 3.05) is 46.5 Å². The summed E-state index contributed by atoms with van der Waals surface area (Å²) in [5.74, 6) is 2.45.